The second-order valence-corrected chi connectivity index (χ2v) is 3.26. The summed E-state index contributed by atoms with van der Waals surface area (Å²) in [6, 6.07) is 0. The molecule has 0 unspecified atom stereocenters. The number of allylic oxidation sites excluding steroid dienone is 2. The van der Waals surface area contributed by atoms with Gasteiger partial charge in [-0.2, -0.15) is 0 Å². The maximum absolute atomic E-state index is 11.1. The zero-order valence-corrected chi connectivity index (χ0v) is 9.19. The largest absolute Gasteiger partial charge is 0.468 e. The Kier molecular flexibility index (Phi) is 5.11. The summed E-state index contributed by atoms with van der Waals surface area (Å²) in [6.45, 7) is 0.0493. The van der Waals surface area contributed by atoms with Gasteiger partial charge in [0.2, 0.25) is 0 Å². The van der Waals surface area contributed by atoms with Crippen molar-refractivity contribution >= 4 is 12.1 Å². The van der Waals surface area contributed by atoms with Crippen molar-refractivity contribution in [3.05, 3.63) is 23.8 Å². The maximum Gasteiger partial charge on any atom is 0.407 e. The summed E-state index contributed by atoms with van der Waals surface area (Å²) in [5, 5.41) is 2.29. The third-order valence-corrected chi connectivity index (χ3v) is 2.05. The zero-order chi connectivity index (χ0) is 11.8. The van der Waals surface area contributed by atoms with Crippen LogP contribution in [0.25, 0.3) is 0 Å². The molecule has 1 rings (SSSR count). The molecule has 1 aliphatic carbocycles. The molecule has 0 fully saturated rings. The monoisotopic (exact) mass is 225 g/mol. The first-order valence-corrected chi connectivity index (χ1v) is 5.05. The Labute approximate surface area is 94.1 Å². The van der Waals surface area contributed by atoms with Gasteiger partial charge in [0.1, 0.15) is 13.2 Å². The molecule has 1 aliphatic rings. The molecule has 88 valence electrons. The standard InChI is InChI=1S/C11H15NO4/c1-15-10(13)7-12-11(14)16-8-9-5-3-2-4-6-9/h3,5-6H,2,4,7-8H2,1H3,(H,12,14). The fourth-order valence-electron chi connectivity index (χ4n) is 1.19. The Bertz CT molecular complexity index is 320. The van der Waals surface area contributed by atoms with Crippen molar-refractivity contribution in [2.24, 2.45) is 0 Å². The lowest BCUT2D eigenvalue weighted by Crippen LogP contribution is -2.31. The molecule has 0 aromatic rings. The second kappa shape index (κ2) is 6.66. The van der Waals surface area contributed by atoms with Gasteiger partial charge in [-0.3, -0.25) is 4.79 Å². The predicted molar refractivity (Wildman–Crippen MR) is 57.8 cm³/mol. The molecule has 0 atom stereocenters. The minimum Gasteiger partial charge on any atom is -0.468 e. The summed E-state index contributed by atoms with van der Waals surface area (Å²) in [5.41, 5.74) is 0.972. The highest BCUT2D eigenvalue weighted by atomic mass is 16.6. The van der Waals surface area contributed by atoms with Crippen LogP contribution < -0.4 is 5.32 Å². The van der Waals surface area contributed by atoms with Crippen LogP contribution in [-0.4, -0.2) is 32.3 Å². The van der Waals surface area contributed by atoms with Crippen molar-refractivity contribution < 1.29 is 19.1 Å². The molecule has 0 saturated heterocycles. The number of amides is 1. The molecule has 0 bridgehead atoms. The van der Waals surface area contributed by atoms with Crippen LogP contribution in [0.4, 0.5) is 4.79 Å². The molecular formula is C11H15NO4. The number of rotatable bonds is 4. The van der Waals surface area contributed by atoms with Crippen LogP contribution in [0.5, 0.6) is 0 Å². The Morgan fingerprint density at radius 2 is 2.25 bits per heavy atom. The average molecular weight is 225 g/mol. The van der Waals surface area contributed by atoms with Crippen molar-refractivity contribution in [3.63, 3.8) is 0 Å². The van der Waals surface area contributed by atoms with Gasteiger partial charge < -0.3 is 14.8 Å². The fourth-order valence-corrected chi connectivity index (χ4v) is 1.19. The number of alkyl carbamates (subject to hydrolysis) is 1. The number of carbonyl (C=O) groups is 2. The molecule has 1 amide bonds. The summed E-state index contributed by atoms with van der Waals surface area (Å²) in [5.74, 6) is -0.506. The van der Waals surface area contributed by atoms with Crippen LogP contribution in [0.1, 0.15) is 12.8 Å². The molecule has 16 heavy (non-hydrogen) atoms. The van der Waals surface area contributed by atoms with Gasteiger partial charge in [0.15, 0.2) is 0 Å². The topological polar surface area (TPSA) is 64.6 Å². The summed E-state index contributed by atoms with van der Waals surface area (Å²) < 4.78 is 9.26. The van der Waals surface area contributed by atoms with Crippen LogP contribution in [0.15, 0.2) is 23.8 Å². The van der Waals surface area contributed by atoms with Crippen molar-refractivity contribution in [2.75, 3.05) is 20.3 Å². The number of esters is 1. The van der Waals surface area contributed by atoms with Crippen molar-refractivity contribution in [3.8, 4) is 0 Å². The van der Waals surface area contributed by atoms with Crippen molar-refractivity contribution in [2.45, 2.75) is 12.8 Å². The quantitative estimate of drug-likeness (QED) is 0.729. The van der Waals surface area contributed by atoms with Gasteiger partial charge in [-0.05, 0) is 18.4 Å². The predicted octanol–water partition coefficient (Wildman–Crippen LogP) is 1.16. The first-order valence-electron chi connectivity index (χ1n) is 5.05. The van der Waals surface area contributed by atoms with Crippen LogP contribution in [-0.2, 0) is 14.3 Å². The van der Waals surface area contributed by atoms with E-state index in [0.717, 1.165) is 18.4 Å². The number of nitrogens with one attached hydrogen (secondary N) is 1. The van der Waals surface area contributed by atoms with Gasteiger partial charge in [-0.25, -0.2) is 4.79 Å². The smallest absolute Gasteiger partial charge is 0.407 e. The number of hydrogen-bond donors (Lipinski definition) is 1. The molecule has 5 heteroatoms. The number of methoxy groups -OCH3 is 1. The van der Waals surface area contributed by atoms with E-state index in [1.807, 2.05) is 18.2 Å². The minimum absolute atomic E-state index is 0.176. The Morgan fingerprint density at radius 3 is 2.88 bits per heavy atom. The highest BCUT2D eigenvalue weighted by Crippen LogP contribution is 2.09. The molecule has 0 heterocycles. The van der Waals surface area contributed by atoms with E-state index in [1.54, 1.807) is 0 Å². The van der Waals surface area contributed by atoms with E-state index in [1.165, 1.54) is 7.11 Å². The number of carbonyl (C=O) groups excluding carboxylic acids is 2. The third-order valence-electron chi connectivity index (χ3n) is 2.05. The number of ether oxygens (including phenoxy) is 2. The minimum atomic E-state index is -0.620. The first kappa shape index (κ1) is 12.3. The van der Waals surface area contributed by atoms with E-state index < -0.39 is 12.1 Å². The van der Waals surface area contributed by atoms with Gasteiger partial charge in [0.05, 0.1) is 7.11 Å². The van der Waals surface area contributed by atoms with Crippen molar-refractivity contribution in [1.29, 1.82) is 0 Å². The normalized spacial score (nSPS) is 13.9. The Balaban J connectivity index is 2.17. The Morgan fingerprint density at radius 1 is 1.44 bits per heavy atom. The molecule has 0 radical (unpaired) electrons. The van der Waals surface area contributed by atoms with Crippen LogP contribution in [0.3, 0.4) is 0 Å². The van der Waals surface area contributed by atoms with Gasteiger partial charge in [0, 0.05) is 0 Å². The maximum atomic E-state index is 11.1. The molecule has 1 N–H and O–H groups in total. The van der Waals surface area contributed by atoms with Gasteiger partial charge in [-0.15, -0.1) is 0 Å². The zero-order valence-electron chi connectivity index (χ0n) is 9.19. The second-order valence-electron chi connectivity index (χ2n) is 3.26. The van der Waals surface area contributed by atoms with Gasteiger partial charge in [-0.1, -0.05) is 18.2 Å². The fraction of sp³-hybridized carbons (Fsp3) is 0.455. The Hall–Kier alpha value is -1.78. The average Bonchev–Trinajstić information content (AvgIpc) is 2.34. The summed E-state index contributed by atoms with van der Waals surface area (Å²) in [7, 11) is 1.26. The lowest BCUT2D eigenvalue weighted by molar-refractivity contribution is -0.139. The van der Waals surface area contributed by atoms with Gasteiger partial charge in [0.25, 0.3) is 0 Å². The number of hydrogen-bond acceptors (Lipinski definition) is 4. The molecule has 0 aromatic carbocycles. The van der Waals surface area contributed by atoms with Gasteiger partial charge >= 0.3 is 12.1 Å². The lowest BCUT2D eigenvalue weighted by atomic mass is 10.1. The van der Waals surface area contributed by atoms with E-state index in [2.05, 4.69) is 10.1 Å². The molecule has 0 saturated carbocycles. The first-order chi connectivity index (χ1) is 7.72. The SMILES string of the molecule is COC(=O)CNC(=O)OCC1=CCCC=C1. The highest BCUT2D eigenvalue weighted by Gasteiger charge is 2.06. The third kappa shape index (κ3) is 4.63. The molecule has 5 nitrogen and oxygen atoms in total. The van der Waals surface area contributed by atoms with Crippen LogP contribution >= 0.6 is 0 Å². The van der Waals surface area contributed by atoms with E-state index in [0.29, 0.717) is 0 Å². The highest BCUT2D eigenvalue weighted by molar-refractivity contribution is 5.77. The summed E-state index contributed by atoms with van der Waals surface area (Å²) in [6.07, 6.45) is 7.36. The van der Waals surface area contributed by atoms with Crippen LogP contribution in [0.2, 0.25) is 0 Å². The van der Waals surface area contributed by atoms with Crippen LogP contribution in [0, 0.1) is 0 Å². The summed E-state index contributed by atoms with van der Waals surface area (Å²) >= 11 is 0. The molecule has 0 aliphatic heterocycles. The van der Waals surface area contributed by atoms with E-state index in [9.17, 15) is 9.59 Å². The summed E-state index contributed by atoms with van der Waals surface area (Å²) in [4.78, 5) is 21.8. The molecule has 0 aromatic heterocycles. The van der Waals surface area contributed by atoms with E-state index in [-0.39, 0.29) is 13.2 Å². The molecular weight excluding hydrogens is 210 g/mol. The lowest BCUT2D eigenvalue weighted by Gasteiger charge is -2.08. The van der Waals surface area contributed by atoms with Crippen molar-refractivity contribution in [1.82, 2.24) is 5.32 Å². The molecule has 0 spiro atoms. The van der Waals surface area contributed by atoms with E-state index >= 15 is 0 Å². The van der Waals surface area contributed by atoms with E-state index in [4.69, 9.17) is 4.74 Å².